The predicted octanol–water partition coefficient (Wildman–Crippen LogP) is 3.81. The number of benzene rings is 2. The second kappa shape index (κ2) is 9.28. The molecule has 0 saturated carbocycles. The summed E-state index contributed by atoms with van der Waals surface area (Å²) in [6, 6.07) is 9.95. The third-order valence-electron chi connectivity index (χ3n) is 5.15. The Kier molecular flexibility index (Phi) is 6.88. The molecule has 0 spiro atoms. The number of nitrogens with one attached hydrogen (secondary N) is 1. The summed E-state index contributed by atoms with van der Waals surface area (Å²) >= 11 is 0. The summed E-state index contributed by atoms with van der Waals surface area (Å²) in [6.07, 6.45) is 0.759. The van der Waals surface area contributed by atoms with Crippen LogP contribution in [0.5, 0.6) is 17.2 Å². The number of carbonyl (C=O) groups is 1. The van der Waals surface area contributed by atoms with Crippen LogP contribution in [0.4, 0.5) is 11.4 Å². The highest BCUT2D eigenvalue weighted by Crippen LogP contribution is 2.38. The Bertz CT molecular complexity index is 1080. The molecule has 0 fully saturated rings. The van der Waals surface area contributed by atoms with E-state index in [2.05, 4.69) is 4.72 Å². The average molecular weight is 463 g/mol. The number of methoxy groups -OCH3 is 2. The van der Waals surface area contributed by atoms with Crippen molar-refractivity contribution in [1.82, 2.24) is 0 Å². The molecule has 1 aliphatic heterocycles. The predicted molar refractivity (Wildman–Crippen MR) is 124 cm³/mol. The second-order valence-corrected chi connectivity index (χ2v) is 10.1. The molecule has 3 rings (SSSR count). The zero-order valence-corrected chi connectivity index (χ0v) is 19.9. The highest BCUT2D eigenvalue weighted by molar-refractivity contribution is 7.91. The first kappa shape index (κ1) is 23.7. The van der Waals surface area contributed by atoms with Gasteiger partial charge in [0.15, 0.2) is 0 Å². The van der Waals surface area contributed by atoms with Gasteiger partial charge in [-0.3, -0.25) is 9.52 Å². The number of sulfonamides is 1. The van der Waals surface area contributed by atoms with Gasteiger partial charge in [0.05, 0.1) is 36.8 Å². The molecule has 2 aromatic carbocycles. The lowest BCUT2D eigenvalue weighted by Crippen LogP contribution is -2.42. The van der Waals surface area contributed by atoms with E-state index in [1.807, 2.05) is 20.8 Å². The zero-order valence-electron chi connectivity index (χ0n) is 19.1. The van der Waals surface area contributed by atoms with Gasteiger partial charge in [-0.05, 0) is 56.2 Å². The molecule has 0 aromatic heterocycles. The lowest BCUT2D eigenvalue weighted by molar-refractivity contribution is -0.127. The maximum Gasteiger partial charge on any atom is 0.236 e. The summed E-state index contributed by atoms with van der Waals surface area (Å²) in [5, 5.41) is 0. The number of hydrogen-bond acceptors (Lipinski definition) is 6. The van der Waals surface area contributed by atoms with Crippen LogP contribution in [0.15, 0.2) is 36.4 Å². The van der Waals surface area contributed by atoms with Gasteiger partial charge in [-0.25, -0.2) is 8.42 Å². The number of nitrogens with zero attached hydrogens (tertiary/aromatic N) is 1. The fourth-order valence-electron chi connectivity index (χ4n) is 3.54. The molecule has 8 nitrogen and oxygen atoms in total. The zero-order chi connectivity index (χ0) is 23.5. The molecule has 1 amide bonds. The number of fused-ring (bicyclic) bond motifs is 1. The van der Waals surface area contributed by atoms with E-state index in [1.165, 1.54) is 14.2 Å². The van der Waals surface area contributed by atoms with Gasteiger partial charge in [0.2, 0.25) is 15.9 Å². The Balaban J connectivity index is 1.89. The van der Waals surface area contributed by atoms with Crippen LogP contribution in [0.25, 0.3) is 0 Å². The summed E-state index contributed by atoms with van der Waals surface area (Å²) < 4.78 is 44.7. The smallest absolute Gasteiger partial charge is 0.236 e. The fraction of sp³-hybridized carbons (Fsp3) is 0.435. The van der Waals surface area contributed by atoms with E-state index >= 15 is 0 Å². The van der Waals surface area contributed by atoms with Crippen molar-refractivity contribution in [3.8, 4) is 17.2 Å². The molecule has 0 unspecified atom stereocenters. The summed E-state index contributed by atoms with van der Waals surface area (Å²) in [5.74, 6) is 1.25. The molecule has 0 atom stereocenters. The topological polar surface area (TPSA) is 94.2 Å². The Hall–Kier alpha value is -2.94. The first-order valence-corrected chi connectivity index (χ1v) is 12.0. The lowest BCUT2D eigenvalue weighted by Gasteiger charge is -2.28. The van der Waals surface area contributed by atoms with Gasteiger partial charge in [0.25, 0.3) is 0 Å². The van der Waals surface area contributed by atoms with Gasteiger partial charge in [-0.15, -0.1) is 0 Å². The summed E-state index contributed by atoms with van der Waals surface area (Å²) in [4.78, 5) is 14.7. The number of amides is 1. The van der Waals surface area contributed by atoms with Gasteiger partial charge < -0.3 is 19.1 Å². The van der Waals surface area contributed by atoms with Gasteiger partial charge in [0.1, 0.15) is 23.9 Å². The first-order chi connectivity index (χ1) is 15.1. The van der Waals surface area contributed by atoms with Crippen LogP contribution in [-0.4, -0.2) is 41.7 Å². The van der Waals surface area contributed by atoms with Crippen molar-refractivity contribution in [3.05, 3.63) is 42.0 Å². The highest BCUT2D eigenvalue weighted by atomic mass is 32.2. The maximum atomic E-state index is 13.1. The molecule has 1 heterocycles. The van der Waals surface area contributed by atoms with Crippen molar-refractivity contribution < 1.29 is 27.4 Å². The number of anilines is 2. The Morgan fingerprint density at radius 2 is 1.75 bits per heavy atom. The molecular formula is C23H30N2O6S. The van der Waals surface area contributed by atoms with Crippen molar-refractivity contribution >= 4 is 27.3 Å². The Morgan fingerprint density at radius 3 is 2.34 bits per heavy atom. The van der Waals surface area contributed by atoms with Gasteiger partial charge in [0, 0.05) is 12.6 Å². The minimum absolute atomic E-state index is 0.0541. The molecule has 174 valence electrons. The van der Waals surface area contributed by atoms with Crippen LogP contribution in [-0.2, 0) is 20.6 Å². The SMILES string of the molecule is CCCN1C(=O)C(C)(C)COc2ccc(NS(=O)(=O)Cc3cc(OC)cc(OC)c3)cc21. The monoisotopic (exact) mass is 462 g/mol. The van der Waals surface area contributed by atoms with Crippen LogP contribution in [0, 0.1) is 5.41 Å². The van der Waals surface area contributed by atoms with Crippen LogP contribution in [0.2, 0.25) is 0 Å². The molecule has 2 aromatic rings. The van der Waals surface area contributed by atoms with Gasteiger partial charge in [-0.2, -0.15) is 0 Å². The lowest BCUT2D eigenvalue weighted by atomic mass is 9.93. The Labute approximate surface area is 189 Å². The third-order valence-corrected chi connectivity index (χ3v) is 6.41. The normalized spacial score (nSPS) is 15.4. The number of hydrogen-bond donors (Lipinski definition) is 1. The average Bonchev–Trinajstić information content (AvgIpc) is 2.83. The number of rotatable bonds is 8. The second-order valence-electron chi connectivity index (χ2n) is 8.39. The minimum Gasteiger partial charge on any atom is -0.497 e. The van der Waals surface area contributed by atoms with Crippen LogP contribution in [0.1, 0.15) is 32.8 Å². The van der Waals surface area contributed by atoms with Crippen LogP contribution in [0.3, 0.4) is 0 Å². The molecule has 1 N–H and O–H groups in total. The number of ether oxygens (including phenoxy) is 3. The molecule has 0 bridgehead atoms. The van der Waals surface area contributed by atoms with Crippen molar-refractivity contribution in [2.24, 2.45) is 5.41 Å². The van der Waals surface area contributed by atoms with E-state index < -0.39 is 15.4 Å². The minimum atomic E-state index is -3.74. The third kappa shape index (κ3) is 5.27. The largest absolute Gasteiger partial charge is 0.497 e. The van der Waals surface area contributed by atoms with E-state index in [4.69, 9.17) is 14.2 Å². The van der Waals surface area contributed by atoms with E-state index in [9.17, 15) is 13.2 Å². The van der Waals surface area contributed by atoms with Crippen molar-refractivity contribution in [2.75, 3.05) is 37.0 Å². The fourth-order valence-corrected chi connectivity index (χ4v) is 4.70. The van der Waals surface area contributed by atoms with Crippen molar-refractivity contribution in [2.45, 2.75) is 32.9 Å². The first-order valence-electron chi connectivity index (χ1n) is 10.4. The van der Waals surface area contributed by atoms with Gasteiger partial charge in [-0.1, -0.05) is 6.92 Å². The van der Waals surface area contributed by atoms with E-state index in [0.29, 0.717) is 40.7 Å². The Morgan fingerprint density at radius 1 is 1.09 bits per heavy atom. The molecule has 0 aliphatic carbocycles. The maximum absolute atomic E-state index is 13.1. The highest BCUT2D eigenvalue weighted by Gasteiger charge is 2.37. The van der Waals surface area contributed by atoms with E-state index in [-0.39, 0.29) is 18.3 Å². The molecule has 32 heavy (non-hydrogen) atoms. The van der Waals surface area contributed by atoms with Crippen molar-refractivity contribution in [3.63, 3.8) is 0 Å². The molecular weight excluding hydrogens is 432 g/mol. The molecule has 9 heteroatoms. The molecule has 0 saturated heterocycles. The summed E-state index contributed by atoms with van der Waals surface area (Å²) in [6.45, 7) is 6.44. The number of carbonyl (C=O) groups excluding carboxylic acids is 1. The quantitative estimate of drug-likeness (QED) is 0.641. The van der Waals surface area contributed by atoms with Crippen molar-refractivity contribution in [1.29, 1.82) is 0 Å². The summed E-state index contributed by atoms with van der Waals surface area (Å²) in [7, 11) is -0.730. The molecule has 0 radical (unpaired) electrons. The van der Waals surface area contributed by atoms with E-state index in [0.717, 1.165) is 6.42 Å². The van der Waals surface area contributed by atoms with E-state index in [1.54, 1.807) is 41.3 Å². The molecule has 1 aliphatic rings. The van der Waals surface area contributed by atoms with Gasteiger partial charge >= 0.3 is 0 Å². The summed E-state index contributed by atoms with van der Waals surface area (Å²) in [5.41, 5.74) is 0.761. The van der Waals surface area contributed by atoms with Crippen LogP contribution < -0.4 is 23.8 Å². The van der Waals surface area contributed by atoms with Crippen LogP contribution >= 0.6 is 0 Å². The standard InChI is InChI=1S/C23H30N2O6S/c1-6-9-25-20-12-17(7-8-21(20)31-15-23(2,3)22(25)26)24-32(27,28)14-16-10-18(29-4)13-19(11-16)30-5/h7-8,10-13,24H,6,9,14-15H2,1-5H3.